The summed E-state index contributed by atoms with van der Waals surface area (Å²) in [5, 5.41) is 0. The van der Waals surface area contributed by atoms with Crippen LogP contribution in [0, 0.1) is 0 Å². The van der Waals surface area contributed by atoms with E-state index in [2.05, 4.69) is 12.1 Å². The molecule has 0 saturated heterocycles. The van der Waals surface area contributed by atoms with Gasteiger partial charge in [-0.1, -0.05) is 36.4 Å². The number of hydrogen-bond donors (Lipinski definition) is 0. The Labute approximate surface area is 125 Å². The number of carbonyl (C=O) groups excluding carboxylic acids is 1. The maximum atomic E-state index is 12.1. The van der Waals surface area contributed by atoms with Crippen molar-refractivity contribution in [3.63, 3.8) is 0 Å². The number of benzene rings is 2. The van der Waals surface area contributed by atoms with Crippen LogP contribution in [0.25, 0.3) is 5.57 Å². The van der Waals surface area contributed by atoms with Crippen molar-refractivity contribution in [2.75, 3.05) is 7.11 Å². The Morgan fingerprint density at radius 3 is 2.33 bits per heavy atom. The predicted molar refractivity (Wildman–Crippen MR) is 84.6 cm³/mol. The van der Waals surface area contributed by atoms with Crippen molar-refractivity contribution in [3.8, 4) is 5.75 Å². The molecule has 0 saturated carbocycles. The number of methoxy groups -OCH3 is 1. The van der Waals surface area contributed by atoms with Crippen molar-refractivity contribution >= 4 is 11.4 Å². The second-order valence-electron chi connectivity index (χ2n) is 5.39. The highest BCUT2D eigenvalue weighted by Gasteiger charge is 2.32. The first kappa shape index (κ1) is 13.6. The van der Waals surface area contributed by atoms with Gasteiger partial charge in [0.2, 0.25) is 0 Å². The SMILES string of the molecule is COc1ccc(C2C(C(C)=O)=C(C)c3ccccc32)cc1. The fourth-order valence-corrected chi connectivity index (χ4v) is 3.22. The molecule has 0 amide bonds. The molecule has 2 aromatic carbocycles. The summed E-state index contributed by atoms with van der Waals surface area (Å²) < 4.78 is 5.22. The standard InChI is InChI=1S/C19H18O2/c1-12-16-6-4-5-7-17(16)19(18(12)13(2)20)14-8-10-15(21-3)11-9-14/h4-11,19H,1-3H3. The maximum Gasteiger partial charge on any atom is 0.157 e. The highest BCUT2D eigenvalue weighted by Crippen LogP contribution is 2.45. The van der Waals surface area contributed by atoms with Crippen molar-refractivity contribution in [1.29, 1.82) is 0 Å². The number of rotatable bonds is 3. The number of carbonyl (C=O) groups is 1. The first-order valence-corrected chi connectivity index (χ1v) is 7.08. The van der Waals surface area contributed by atoms with E-state index in [0.29, 0.717) is 0 Å². The van der Waals surface area contributed by atoms with E-state index in [1.165, 1.54) is 11.1 Å². The summed E-state index contributed by atoms with van der Waals surface area (Å²) >= 11 is 0. The Morgan fingerprint density at radius 2 is 1.71 bits per heavy atom. The third-order valence-electron chi connectivity index (χ3n) is 4.20. The van der Waals surface area contributed by atoms with E-state index in [4.69, 9.17) is 4.74 Å². The van der Waals surface area contributed by atoms with E-state index in [0.717, 1.165) is 22.5 Å². The summed E-state index contributed by atoms with van der Waals surface area (Å²) in [5.74, 6) is 1.00. The zero-order chi connectivity index (χ0) is 15.0. The van der Waals surface area contributed by atoms with Gasteiger partial charge in [0.25, 0.3) is 0 Å². The minimum atomic E-state index is 0.0320. The summed E-state index contributed by atoms with van der Waals surface area (Å²) in [7, 11) is 1.66. The monoisotopic (exact) mass is 278 g/mol. The van der Waals surface area contributed by atoms with Crippen LogP contribution in [0.5, 0.6) is 5.75 Å². The zero-order valence-electron chi connectivity index (χ0n) is 12.5. The van der Waals surface area contributed by atoms with E-state index < -0.39 is 0 Å². The lowest BCUT2D eigenvalue weighted by molar-refractivity contribution is -0.113. The van der Waals surface area contributed by atoms with Crippen LogP contribution in [-0.2, 0) is 4.79 Å². The van der Waals surface area contributed by atoms with Crippen LogP contribution in [0.2, 0.25) is 0 Å². The largest absolute Gasteiger partial charge is 0.497 e. The predicted octanol–water partition coefficient (Wildman–Crippen LogP) is 4.20. The Kier molecular flexibility index (Phi) is 3.38. The van der Waals surface area contributed by atoms with Gasteiger partial charge >= 0.3 is 0 Å². The molecule has 0 N–H and O–H groups in total. The molecule has 0 spiro atoms. The molecule has 0 radical (unpaired) electrons. The van der Waals surface area contributed by atoms with Crippen LogP contribution in [0.4, 0.5) is 0 Å². The lowest BCUT2D eigenvalue weighted by Crippen LogP contribution is -2.07. The quantitative estimate of drug-likeness (QED) is 0.841. The third kappa shape index (κ3) is 2.17. The lowest BCUT2D eigenvalue weighted by atomic mass is 9.87. The van der Waals surface area contributed by atoms with Gasteiger partial charge in [-0.25, -0.2) is 0 Å². The van der Waals surface area contributed by atoms with E-state index in [1.807, 2.05) is 43.3 Å². The van der Waals surface area contributed by atoms with Crippen LogP contribution < -0.4 is 4.74 Å². The van der Waals surface area contributed by atoms with Crippen LogP contribution in [0.15, 0.2) is 54.1 Å². The Morgan fingerprint density at radius 1 is 1.05 bits per heavy atom. The number of fused-ring (bicyclic) bond motifs is 1. The molecule has 1 aliphatic rings. The average Bonchev–Trinajstić information content (AvgIpc) is 2.81. The first-order chi connectivity index (χ1) is 10.1. The smallest absolute Gasteiger partial charge is 0.157 e. The van der Waals surface area contributed by atoms with Gasteiger partial charge in [-0.3, -0.25) is 4.79 Å². The summed E-state index contributed by atoms with van der Waals surface area (Å²) in [6.45, 7) is 3.69. The number of ether oxygens (including phenoxy) is 1. The zero-order valence-corrected chi connectivity index (χ0v) is 12.5. The third-order valence-corrected chi connectivity index (χ3v) is 4.20. The fraction of sp³-hybridized carbons (Fsp3) is 0.211. The molecular formula is C19H18O2. The minimum absolute atomic E-state index is 0.0320. The van der Waals surface area contributed by atoms with Gasteiger partial charge in [0.1, 0.15) is 5.75 Å². The van der Waals surface area contributed by atoms with Crippen molar-refractivity contribution in [2.24, 2.45) is 0 Å². The number of allylic oxidation sites excluding steroid dienone is 2. The van der Waals surface area contributed by atoms with Crippen molar-refractivity contribution < 1.29 is 9.53 Å². The molecule has 1 atom stereocenters. The van der Waals surface area contributed by atoms with E-state index in [-0.39, 0.29) is 11.7 Å². The molecule has 21 heavy (non-hydrogen) atoms. The molecule has 3 rings (SSSR count). The molecular weight excluding hydrogens is 260 g/mol. The summed E-state index contributed by atoms with van der Waals surface area (Å²) in [6, 6.07) is 16.2. The Bertz CT molecular complexity index is 723. The van der Waals surface area contributed by atoms with Gasteiger partial charge in [0, 0.05) is 11.5 Å². The lowest BCUT2D eigenvalue weighted by Gasteiger charge is -2.16. The number of ketones is 1. The average molecular weight is 278 g/mol. The molecule has 0 bridgehead atoms. The topological polar surface area (TPSA) is 26.3 Å². The molecule has 0 fully saturated rings. The molecule has 0 heterocycles. The summed E-state index contributed by atoms with van der Waals surface area (Å²) in [5.41, 5.74) is 5.53. The summed E-state index contributed by atoms with van der Waals surface area (Å²) in [4.78, 5) is 12.1. The Balaban J connectivity index is 2.16. The van der Waals surface area contributed by atoms with Crippen molar-refractivity contribution in [2.45, 2.75) is 19.8 Å². The van der Waals surface area contributed by atoms with Crippen molar-refractivity contribution in [1.82, 2.24) is 0 Å². The van der Waals surface area contributed by atoms with Crippen LogP contribution in [-0.4, -0.2) is 12.9 Å². The molecule has 0 aromatic heterocycles. The maximum absolute atomic E-state index is 12.1. The van der Waals surface area contributed by atoms with Crippen LogP contribution in [0.1, 0.15) is 36.5 Å². The summed E-state index contributed by atoms with van der Waals surface area (Å²) in [6.07, 6.45) is 0. The molecule has 0 aliphatic heterocycles. The van der Waals surface area contributed by atoms with Gasteiger partial charge in [0.15, 0.2) is 5.78 Å². The molecule has 1 aliphatic carbocycles. The first-order valence-electron chi connectivity index (χ1n) is 7.08. The van der Waals surface area contributed by atoms with Gasteiger partial charge < -0.3 is 4.74 Å². The molecule has 106 valence electrons. The van der Waals surface area contributed by atoms with Crippen molar-refractivity contribution in [3.05, 3.63) is 70.8 Å². The molecule has 2 heteroatoms. The number of Topliss-reactive ketones (excluding diaryl/α,β-unsaturated/α-hetero) is 1. The second kappa shape index (κ2) is 5.21. The fourth-order valence-electron chi connectivity index (χ4n) is 3.22. The highest BCUT2D eigenvalue weighted by molar-refractivity contribution is 6.05. The van der Waals surface area contributed by atoms with E-state index in [1.54, 1.807) is 14.0 Å². The van der Waals surface area contributed by atoms with Gasteiger partial charge in [0.05, 0.1) is 7.11 Å². The Hall–Kier alpha value is -2.35. The minimum Gasteiger partial charge on any atom is -0.497 e. The number of hydrogen-bond acceptors (Lipinski definition) is 2. The van der Waals surface area contributed by atoms with E-state index >= 15 is 0 Å². The van der Waals surface area contributed by atoms with Gasteiger partial charge in [-0.05, 0) is 48.2 Å². The molecule has 1 unspecified atom stereocenters. The second-order valence-corrected chi connectivity index (χ2v) is 5.39. The van der Waals surface area contributed by atoms with Gasteiger partial charge in [-0.2, -0.15) is 0 Å². The molecule has 2 nitrogen and oxygen atoms in total. The highest BCUT2D eigenvalue weighted by atomic mass is 16.5. The molecule has 2 aromatic rings. The van der Waals surface area contributed by atoms with E-state index in [9.17, 15) is 4.79 Å². The van der Waals surface area contributed by atoms with Gasteiger partial charge in [-0.15, -0.1) is 0 Å². The normalized spacial score (nSPS) is 16.8. The van der Waals surface area contributed by atoms with Crippen LogP contribution >= 0.6 is 0 Å². The van der Waals surface area contributed by atoms with Crippen LogP contribution in [0.3, 0.4) is 0 Å².